The molecule has 0 amide bonds. The number of nitriles is 1. The predicted octanol–water partition coefficient (Wildman–Crippen LogP) is 3.66. The average Bonchev–Trinajstić information content (AvgIpc) is 2.28. The van der Waals surface area contributed by atoms with Crippen molar-refractivity contribution in [1.29, 1.82) is 5.26 Å². The second kappa shape index (κ2) is 4.86. The van der Waals surface area contributed by atoms with Gasteiger partial charge in [-0.25, -0.2) is 4.98 Å². The van der Waals surface area contributed by atoms with Gasteiger partial charge in [-0.3, -0.25) is 0 Å². The summed E-state index contributed by atoms with van der Waals surface area (Å²) in [5, 5.41) is 12.5. The summed E-state index contributed by atoms with van der Waals surface area (Å²) >= 11 is 5.87. The molecule has 17 heavy (non-hydrogen) atoms. The van der Waals surface area contributed by atoms with Crippen LogP contribution in [0.2, 0.25) is 5.15 Å². The fraction of sp³-hybridized carbons (Fsp3) is 0.0769. The molecule has 1 aromatic heterocycles. The van der Waals surface area contributed by atoms with Gasteiger partial charge in [0.05, 0.1) is 11.3 Å². The maximum absolute atomic E-state index is 8.97. The maximum atomic E-state index is 8.97. The van der Waals surface area contributed by atoms with Crippen LogP contribution in [0, 0.1) is 18.3 Å². The number of para-hydroxylation sites is 1. The summed E-state index contributed by atoms with van der Waals surface area (Å²) in [6.45, 7) is 1.94. The van der Waals surface area contributed by atoms with Gasteiger partial charge in [0.25, 0.3) is 0 Å². The highest BCUT2D eigenvalue weighted by Gasteiger charge is 2.03. The highest BCUT2D eigenvalue weighted by molar-refractivity contribution is 6.29. The van der Waals surface area contributed by atoms with Crippen LogP contribution in [-0.2, 0) is 0 Å². The Hall–Kier alpha value is -2.05. The van der Waals surface area contributed by atoms with E-state index in [2.05, 4.69) is 16.4 Å². The van der Waals surface area contributed by atoms with Crippen LogP contribution in [0.1, 0.15) is 11.1 Å². The lowest BCUT2D eigenvalue weighted by Gasteiger charge is -2.08. The summed E-state index contributed by atoms with van der Waals surface area (Å²) in [6.07, 6.45) is 0. The van der Waals surface area contributed by atoms with Crippen LogP contribution in [-0.4, -0.2) is 4.98 Å². The van der Waals surface area contributed by atoms with Crippen molar-refractivity contribution in [2.45, 2.75) is 6.92 Å². The Bertz CT molecular complexity index is 567. The standard InChI is InChI=1S/C13H10ClN3/c1-9-6-12(14)17-13(7-9)16-11-5-3-2-4-10(11)8-15/h2-7H,1H3,(H,16,17). The number of anilines is 2. The first-order valence-corrected chi connectivity index (χ1v) is 5.47. The minimum absolute atomic E-state index is 0.432. The lowest BCUT2D eigenvalue weighted by Crippen LogP contribution is -1.96. The Balaban J connectivity index is 2.35. The number of nitrogens with zero attached hydrogens (tertiary/aromatic N) is 2. The molecule has 1 aromatic carbocycles. The molecular formula is C13H10ClN3. The van der Waals surface area contributed by atoms with Crippen LogP contribution in [0.5, 0.6) is 0 Å². The lowest BCUT2D eigenvalue weighted by atomic mass is 10.2. The van der Waals surface area contributed by atoms with Crippen LogP contribution in [0.25, 0.3) is 0 Å². The molecule has 0 saturated heterocycles. The van der Waals surface area contributed by atoms with Crippen LogP contribution < -0.4 is 5.32 Å². The first-order valence-electron chi connectivity index (χ1n) is 5.09. The quantitative estimate of drug-likeness (QED) is 0.819. The molecule has 0 fully saturated rings. The van der Waals surface area contributed by atoms with E-state index in [1.54, 1.807) is 12.1 Å². The summed E-state index contributed by atoms with van der Waals surface area (Å²) in [4.78, 5) is 4.15. The number of benzene rings is 1. The van der Waals surface area contributed by atoms with Gasteiger partial charge in [0.2, 0.25) is 0 Å². The van der Waals surface area contributed by atoms with Crippen molar-refractivity contribution in [3.8, 4) is 6.07 Å². The number of aryl methyl sites for hydroxylation is 1. The fourth-order valence-corrected chi connectivity index (χ4v) is 1.78. The van der Waals surface area contributed by atoms with E-state index < -0.39 is 0 Å². The number of hydrogen-bond donors (Lipinski definition) is 1. The van der Waals surface area contributed by atoms with Gasteiger partial charge < -0.3 is 5.32 Å². The maximum Gasteiger partial charge on any atom is 0.132 e. The van der Waals surface area contributed by atoms with E-state index in [0.717, 1.165) is 11.3 Å². The van der Waals surface area contributed by atoms with Gasteiger partial charge in [-0.1, -0.05) is 23.7 Å². The molecule has 0 atom stereocenters. The molecule has 4 heteroatoms. The van der Waals surface area contributed by atoms with Crippen molar-refractivity contribution in [3.63, 3.8) is 0 Å². The Kier molecular flexibility index (Phi) is 3.27. The minimum atomic E-state index is 0.432. The van der Waals surface area contributed by atoms with E-state index in [9.17, 15) is 0 Å². The third kappa shape index (κ3) is 2.74. The number of rotatable bonds is 2. The van der Waals surface area contributed by atoms with Crippen molar-refractivity contribution in [3.05, 3.63) is 52.7 Å². The normalized spacial score (nSPS) is 9.71. The van der Waals surface area contributed by atoms with Crippen LogP contribution >= 0.6 is 11.6 Å². The van der Waals surface area contributed by atoms with Crippen LogP contribution in [0.3, 0.4) is 0 Å². The van der Waals surface area contributed by atoms with Crippen molar-refractivity contribution in [1.82, 2.24) is 4.98 Å². The Morgan fingerprint density at radius 3 is 2.76 bits per heavy atom. The summed E-state index contributed by atoms with van der Waals surface area (Å²) in [5.41, 5.74) is 2.32. The first-order chi connectivity index (χ1) is 8.19. The molecule has 1 N–H and O–H groups in total. The third-order valence-electron chi connectivity index (χ3n) is 2.25. The van der Waals surface area contributed by atoms with E-state index in [1.165, 1.54) is 0 Å². The highest BCUT2D eigenvalue weighted by atomic mass is 35.5. The third-order valence-corrected chi connectivity index (χ3v) is 2.44. The van der Waals surface area contributed by atoms with Crippen molar-refractivity contribution < 1.29 is 0 Å². The molecule has 0 radical (unpaired) electrons. The van der Waals surface area contributed by atoms with Crippen molar-refractivity contribution in [2.75, 3.05) is 5.32 Å². The van der Waals surface area contributed by atoms with Gasteiger partial charge in [0.15, 0.2) is 0 Å². The van der Waals surface area contributed by atoms with Gasteiger partial charge in [0, 0.05) is 0 Å². The number of aromatic nitrogens is 1. The molecule has 3 nitrogen and oxygen atoms in total. The largest absolute Gasteiger partial charge is 0.339 e. The Morgan fingerprint density at radius 2 is 2.06 bits per heavy atom. The predicted molar refractivity (Wildman–Crippen MR) is 68.4 cm³/mol. The van der Waals surface area contributed by atoms with Crippen molar-refractivity contribution in [2.24, 2.45) is 0 Å². The Labute approximate surface area is 105 Å². The van der Waals surface area contributed by atoms with Gasteiger partial charge >= 0.3 is 0 Å². The second-order valence-corrected chi connectivity index (χ2v) is 4.02. The monoisotopic (exact) mass is 243 g/mol. The summed E-state index contributed by atoms with van der Waals surface area (Å²) in [6, 6.07) is 13.0. The molecule has 2 aromatic rings. The SMILES string of the molecule is Cc1cc(Cl)nc(Nc2ccccc2C#N)c1. The zero-order chi connectivity index (χ0) is 12.3. The number of pyridine rings is 1. The molecule has 1 heterocycles. The zero-order valence-electron chi connectivity index (χ0n) is 9.24. The summed E-state index contributed by atoms with van der Waals surface area (Å²) < 4.78 is 0. The molecular weight excluding hydrogens is 234 g/mol. The number of hydrogen-bond acceptors (Lipinski definition) is 3. The average molecular weight is 244 g/mol. The molecule has 0 bridgehead atoms. The summed E-state index contributed by atoms with van der Waals surface area (Å²) in [7, 11) is 0. The molecule has 0 aliphatic rings. The van der Waals surface area contributed by atoms with E-state index in [4.69, 9.17) is 16.9 Å². The topological polar surface area (TPSA) is 48.7 Å². The van der Waals surface area contributed by atoms with Crippen LogP contribution in [0.15, 0.2) is 36.4 Å². The lowest BCUT2D eigenvalue weighted by molar-refractivity contribution is 1.27. The van der Waals surface area contributed by atoms with E-state index >= 15 is 0 Å². The van der Waals surface area contributed by atoms with Crippen LogP contribution in [0.4, 0.5) is 11.5 Å². The summed E-state index contributed by atoms with van der Waals surface area (Å²) in [5.74, 6) is 0.637. The first kappa shape index (κ1) is 11.4. The molecule has 2 rings (SSSR count). The molecule has 0 unspecified atom stereocenters. The van der Waals surface area contributed by atoms with E-state index in [1.807, 2.05) is 31.2 Å². The molecule has 84 valence electrons. The molecule has 0 spiro atoms. The smallest absolute Gasteiger partial charge is 0.132 e. The minimum Gasteiger partial charge on any atom is -0.339 e. The second-order valence-electron chi connectivity index (χ2n) is 3.63. The fourth-order valence-electron chi connectivity index (χ4n) is 1.52. The molecule has 0 saturated carbocycles. The van der Waals surface area contributed by atoms with E-state index in [-0.39, 0.29) is 0 Å². The van der Waals surface area contributed by atoms with Crippen molar-refractivity contribution >= 4 is 23.1 Å². The zero-order valence-corrected chi connectivity index (χ0v) is 9.99. The Morgan fingerprint density at radius 1 is 1.29 bits per heavy atom. The van der Waals surface area contributed by atoms with Gasteiger partial charge in [0.1, 0.15) is 17.0 Å². The molecule has 0 aliphatic carbocycles. The number of nitrogens with one attached hydrogen (secondary N) is 1. The van der Waals surface area contributed by atoms with Gasteiger partial charge in [-0.2, -0.15) is 5.26 Å². The molecule has 0 aliphatic heterocycles. The van der Waals surface area contributed by atoms with E-state index in [0.29, 0.717) is 16.5 Å². The highest BCUT2D eigenvalue weighted by Crippen LogP contribution is 2.21. The number of halogens is 1. The van der Waals surface area contributed by atoms with Gasteiger partial charge in [-0.05, 0) is 36.8 Å². The van der Waals surface area contributed by atoms with Gasteiger partial charge in [-0.15, -0.1) is 0 Å².